The lowest BCUT2D eigenvalue weighted by Crippen LogP contribution is -2.47. The van der Waals surface area contributed by atoms with Gasteiger partial charge in [-0.2, -0.15) is 0 Å². The van der Waals surface area contributed by atoms with E-state index in [2.05, 4.69) is 18.3 Å². The number of carbonyl (C=O) groups is 2. The molecule has 6 heteroatoms. The highest BCUT2D eigenvalue weighted by Gasteiger charge is 2.37. The number of ether oxygens (including phenoxy) is 2. The first-order valence-corrected chi connectivity index (χ1v) is 10.8. The molecule has 0 saturated heterocycles. The Kier molecular flexibility index (Phi) is 12.7. The zero-order chi connectivity index (χ0) is 21.6. The monoisotopic (exact) mass is 409 g/mol. The lowest BCUT2D eigenvalue weighted by Gasteiger charge is -2.31. The van der Waals surface area contributed by atoms with Crippen molar-refractivity contribution in [2.24, 2.45) is 5.92 Å². The first-order valence-electron chi connectivity index (χ1n) is 10.8. The van der Waals surface area contributed by atoms with Gasteiger partial charge in [0.05, 0.1) is 24.2 Å². The number of aliphatic hydroxyl groups is 1. The normalized spacial score (nSPS) is 21.8. The lowest BCUT2D eigenvalue weighted by molar-refractivity contribution is -0.132. The number of hydrogen-bond acceptors (Lipinski definition) is 5. The molecule has 0 spiro atoms. The Bertz CT molecular complexity index is 557. The number of allylic oxidation sites excluding steroid dienone is 2. The Balaban J connectivity index is 2.33. The SMILES string of the molecule is CCCCC[C@@H](C/C=C/CCC(=O)NC[C@@H](OC)[C@H]1C(=O)C(C)=CC[C@@H]1O)OC. The summed E-state index contributed by atoms with van der Waals surface area (Å²) < 4.78 is 10.9. The number of unbranched alkanes of at least 4 members (excludes halogenated alkanes) is 2. The van der Waals surface area contributed by atoms with Gasteiger partial charge in [0, 0.05) is 27.2 Å². The summed E-state index contributed by atoms with van der Waals surface area (Å²) in [5, 5.41) is 13.0. The topological polar surface area (TPSA) is 84.9 Å². The summed E-state index contributed by atoms with van der Waals surface area (Å²) in [5.74, 6) is -0.837. The Morgan fingerprint density at radius 1 is 1.31 bits per heavy atom. The van der Waals surface area contributed by atoms with Crippen LogP contribution in [0.2, 0.25) is 0 Å². The van der Waals surface area contributed by atoms with Gasteiger partial charge in [-0.3, -0.25) is 9.59 Å². The molecule has 29 heavy (non-hydrogen) atoms. The maximum atomic E-state index is 12.3. The first kappa shape index (κ1) is 25.5. The highest BCUT2D eigenvalue weighted by atomic mass is 16.5. The molecule has 0 aromatic heterocycles. The maximum Gasteiger partial charge on any atom is 0.220 e. The van der Waals surface area contributed by atoms with Gasteiger partial charge in [0.25, 0.3) is 0 Å². The second kappa shape index (κ2) is 14.5. The van der Waals surface area contributed by atoms with Crippen LogP contribution in [0, 0.1) is 5.92 Å². The summed E-state index contributed by atoms with van der Waals surface area (Å²) in [6.07, 6.45) is 11.8. The molecule has 1 rings (SSSR count). The number of amides is 1. The van der Waals surface area contributed by atoms with Crippen LogP contribution in [0.5, 0.6) is 0 Å². The molecule has 1 aliphatic carbocycles. The summed E-state index contributed by atoms with van der Waals surface area (Å²) >= 11 is 0. The van der Waals surface area contributed by atoms with Gasteiger partial charge in [0.2, 0.25) is 5.91 Å². The highest BCUT2D eigenvalue weighted by molar-refractivity contribution is 5.98. The minimum atomic E-state index is -0.776. The molecule has 4 atom stereocenters. The lowest BCUT2D eigenvalue weighted by atomic mass is 9.82. The minimum Gasteiger partial charge on any atom is -0.392 e. The third kappa shape index (κ3) is 9.24. The number of Topliss-reactive ketones (excluding diaryl/α,β-unsaturated/α-hetero) is 1. The molecule has 0 unspecified atom stereocenters. The van der Waals surface area contributed by atoms with E-state index in [1.165, 1.54) is 26.4 Å². The van der Waals surface area contributed by atoms with E-state index < -0.39 is 18.1 Å². The molecule has 0 heterocycles. The number of aliphatic hydroxyl groups excluding tert-OH is 1. The number of ketones is 1. The Hall–Kier alpha value is -1.50. The second-order valence-electron chi connectivity index (χ2n) is 7.76. The number of nitrogens with one attached hydrogen (secondary N) is 1. The number of methoxy groups -OCH3 is 2. The van der Waals surface area contributed by atoms with E-state index >= 15 is 0 Å². The van der Waals surface area contributed by atoms with Gasteiger partial charge < -0.3 is 19.9 Å². The molecule has 2 N–H and O–H groups in total. The van der Waals surface area contributed by atoms with Gasteiger partial charge in [0.1, 0.15) is 0 Å². The average molecular weight is 410 g/mol. The average Bonchev–Trinajstić information content (AvgIpc) is 2.71. The van der Waals surface area contributed by atoms with Crippen LogP contribution < -0.4 is 5.32 Å². The Morgan fingerprint density at radius 3 is 2.72 bits per heavy atom. The molecule has 0 bridgehead atoms. The van der Waals surface area contributed by atoms with Gasteiger partial charge in [0.15, 0.2) is 5.78 Å². The fourth-order valence-corrected chi connectivity index (χ4v) is 3.59. The quantitative estimate of drug-likeness (QED) is 0.340. The van der Waals surface area contributed by atoms with E-state index in [0.717, 1.165) is 12.8 Å². The van der Waals surface area contributed by atoms with Crippen molar-refractivity contribution in [1.29, 1.82) is 0 Å². The second-order valence-corrected chi connectivity index (χ2v) is 7.76. The molecule has 0 fully saturated rings. The van der Waals surface area contributed by atoms with Gasteiger partial charge in [-0.05, 0) is 38.2 Å². The van der Waals surface area contributed by atoms with E-state index in [9.17, 15) is 14.7 Å². The van der Waals surface area contributed by atoms with Crippen LogP contribution in [0.25, 0.3) is 0 Å². The standard InChI is InChI=1S/C23H39NO5/c1-5-6-8-11-18(28-3)12-9-7-10-13-21(26)24-16-20(29-4)22-19(25)15-14-17(2)23(22)27/h7,9,14,18-20,22,25H,5-6,8,10-13,15-16H2,1-4H3,(H,24,26)/b9-7+/t18-,19-,20+,22-/m0/s1. The smallest absolute Gasteiger partial charge is 0.220 e. The number of rotatable bonds is 14. The molecule has 6 nitrogen and oxygen atoms in total. The summed E-state index contributed by atoms with van der Waals surface area (Å²) in [6, 6.07) is 0. The number of carbonyl (C=O) groups excluding carboxylic acids is 2. The largest absolute Gasteiger partial charge is 0.392 e. The van der Waals surface area contributed by atoms with Crippen molar-refractivity contribution in [1.82, 2.24) is 5.32 Å². The number of hydrogen-bond donors (Lipinski definition) is 2. The van der Waals surface area contributed by atoms with Crippen molar-refractivity contribution in [3.05, 3.63) is 23.8 Å². The van der Waals surface area contributed by atoms with Crippen LogP contribution in [-0.2, 0) is 19.1 Å². The van der Waals surface area contributed by atoms with Crippen LogP contribution in [0.15, 0.2) is 23.8 Å². The van der Waals surface area contributed by atoms with Crippen molar-refractivity contribution < 1.29 is 24.2 Å². The minimum absolute atomic E-state index is 0.0899. The molecule has 1 amide bonds. The van der Waals surface area contributed by atoms with E-state index in [1.807, 2.05) is 6.08 Å². The van der Waals surface area contributed by atoms with Crippen LogP contribution in [-0.4, -0.2) is 55.9 Å². The molecular formula is C23H39NO5. The van der Waals surface area contributed by atoms with Crippen molar-refractivity contribution in [2.75, 3.05) is 20.8 Å². The predicted octanol–water partition coefficient (Wildman–Crippen LogP) is 3.34. The fraction of sp³-hybridized carbons (Fsp3) is 0.739. The van der Waals surface area contributed by atoms with Crippen LogP contribution in [0.3, 0.4) is 0 Å². The highest BCUT2D eigenvalue weighted by Crippen LogP contribution is 2.25. The molecule has 0 aromatic rings. The van der Waals surface area contributed by atoms with E-state index in [1.54, 1.807) is 20.1 Å². The summed E-state index contributed by atoms with van der Waals surface area (Å²) in [6.45, 7) is 4.15. The third-order valence-electron chi connectivity index (χ3n) is 5.54. The van der Waals surface area contributed by atoms with Gasteiger partial charge >= 0.3 is 0 Å². The molecular weight excluding hydrogens is 370 g/mol. The van der Waals surface area contributed by atoms with E-state index in [0.29, 0.717) is 24.8 Å². The Labute approximate surface area is 175 Å². The van der Waals surface area contributed by atoms with Crippen molar-refractivity contribution >= 4 is 11.7 Å². The summed E-state index contributed by atoms with van der Waals surface area (Å²) in [5.41, 5.74) is 0.642. The van der Waals surface area contributed by atoms with Crippen LogP contribution in [0.4, 0.5) is 0 Å². The molecule has 1 aliphatic rings. The molecule has 0 aromatic carbocycles. The predicted molar refractivity (Wildman–Crippen MR) is 115 cm³/mol. The van der Waals surface area contributed by atoms with Gasteiger partial charge in [-0.15, -0.1) is 0 Å². The van der Waals surface area contributed by atoms with Crippen LogP contribution >= 0.6 is 0 Å². The zero-order valence-electron chi connectivity index (χ0n) is 18.5. The molecule has 166 valence electrons. The molecule has 0 saturated carbocycles. The van der Waals surface area contributed by atoms with Crippen molar-refractivity contribution in [3.63, 3.8) is 0 Å². The molecule has 0 aliphatic heterocycles. The van der Waals surface area contributed by atoms with E-state index in [-0.39, 0.29) is 24.3 Å². The van der Waals surface area contributed by atoms with E-state index in [4.69, 9.17) is 9.47 Å². The third-order valence-corrected chi connectivity index (χ3v) is 5.54. The van der Waals surface area contributed by atoms with Gasteiger partial charge in [-0.25, -0.2) is 0 Å². The first-order chi connectivity index (χ1) is 13.9. The van der Waals surface area contributed by atoms with Crippen molar-refractivity contribution in [3.8, 4) is 0 Å². The summed E-state index contributed by atoms with van der Waals surface area (Å²) in [7, 11) is 3.25. The summed E-state index contributed by atoms with van der Waals surface area (Å²) in [4.78, 5) is 24.5. The molecule has 0 radical (unpaired) electrons. The zero-order valence-corrected chi connectivity index (χ0v) is 18.5. The fourth-order valence-electron chi connectivity index (χ4n) is 3.59. The maximum absolute atomic E-state index is 12.3. The Morgan fingerprint density at radius 2 is 2.07 bits per heavy atom. The van der Waals surface area contributed by atoms with Crippen LogP contribution in [0.1, 0.15) is 65.2 Å². The van der Waals surface area contributed by atoms with Gasteiger partial charge in [-0.1, -0.05) is 44.4 Å². The van der Waals surface area contributed by atoms with Crippen molar-refractivity contribution in [2.45, 2.75) is 83.5 Å².